The van der Waals surface area contributed by atoms with Gasteiger partial charge < -0.3 is 4.74 Å². The van der Waals surface area contributed by atoms with Gasteiger partial charge in [-0.05, 0) is 78.9 Å². The minimum atomic E-state index is -0.484. The molecule has 1 aromatic rings. The topological polar surface area (TPSA) is 39.2 Å². The second kappa shape index (κ2) is 8.28. The van der Waals surface area contributed by atoms with E-state index in [0.717, 1.165) is 30.7 Å². The maximum Gasteiger partial charge on any atom is 0.340 e. The Morgan fingerprint density at radius 1 is 1.30 bits per heavy atom. The van der Waals surface area contributed by atoms with Crippen molar-refractivity contribution in [3.8, 4) is 0 Å². The fourth-order valence-electron chi connectivity index (χ4n) is 2.39. The summed E-state index contributed by atoms with van der Waals surface area (Å²) in [4.78, 5) is 16.7. The fraction of sp³-hybridized carbons (Fsp3) is 0.600. The zero-order chi connectivity index (χ0) is 17.6. The van der Waals surface area contributed by atoms with Crippen LogP contribution in [0.25, 0.3) is 0 Å². The van der Waals surface area contributed by atoms with Gasteiger partial charge in [-0.2, -0.15) is 0 Å². The van der Waals surface area contributed by atoms with E-state index in [0.29, 0.717) is 11.5 Å². The maximum atomic E-state index is 12.2. The van der Waals surface area contributed by atoms with E-state index >= 15 is 0 Å². The number of aromatic nitrogens is 1. The van der Waals surface area contributed by atoms with Crippen LogP contribution in [0.2, 0.25) is 0 Å². The Balaban J connectivity index is 2.69. The first-order valence-corrected chi connectivity index (χ1v) is 8.41. The highest BCUT2D eigenvalue weighted by atomic mass is 16.6. The molecule has 0 fully saturated rings. The SMILES string of the molecule is CC(C)=CCCC(C)Cc1ccc(C(=O)OC(C)(C)C)c(C)n1. The standard InChI is InChI=1S/C20H31NO2/c1-14(2)9-8-10-15(3)13-17-11-12-18(16(4)21-17)19(22)23-20(5,6)7/h9,11-12,15H,8,10,13H2,1-7H3. The average molecular weight is 317 g/mol. The highest BCUT2D eigenvalue weighted by Crippen LogP contribution is 2.17. The number of pyridine rings is 1. The van der Waals surface area contributed by atoms with Crippen molar-refractivity contribution in [2.45, 2.75) is 73.3 Å². The van der Waals surface area contributed by atoms with Crippen LogP contribution in [0.5, 0.6) is 0 Å². The van der Waals surface area contributed by atoms with Crippen LogP contribution in [0.15, 0.2) is 23.8 Å². The molecule has 1 aromatic heterocycles. The van der Waals surface area contributed by atoms with Crippen LogP contribution < -0.4 is 0 Å². The first-order chi connectivity index (χ1) is 10.6. The van der Waals surface area contributed by atoms with E-state index in [1.54, 1.807) is 0 Å². The molecule has 0 saturated carbocycles. The van der Waals surface area contributed by atoms with E-state index < -0.39 is 5.60 Å². The van der Waals surface area contributed by atoms with Crippen molar-refractivity contribution in [3.05, 3.63) is 40.7 Å². The second-order valence-corrected chi connectivity index (χ2v) is 7.61. The quantitative estimate of drug-likeness (QED) is 0.530. The molecule has 1 unspecified atom stereocenters. The summed E-state index contributed by atoms with van der Waals surface area (Å²) in [7, 11) is 0. The fourth-order valence-corrected chi connectivity index (χ4v) is 2.39. The number of aryl methyl sites for hydroxylation is 1. The van der Waals surface area contributed by atoms with E-state index in [-0.39, 0.29) is 5.97 Å². The van der Waals surface area contributed by atoms with E-state index in [4.69, 9.17) is 4.74 Å². The Hall–Kier alpha value is -1.64. The molecule has 1 rings (SSSR count). The molecule has 1 atom stereocenters. The monoisotopic (exact) mass is 317 g/mol. The van der Waals surface area contributed by atoms with Gasteiger partial charge in [0.1, 0.15) is 5.60 Å². The molecule has 3 heteroatoms. The van der Waals surface area contributed by atoms with E-state index in [2.05, 4.69) is 31.8 Å². The number of carbonyl (C=O) groups excluding carboxylic acids is 1. The molecule has 0 radical (unpaired) electrons. The normalized spacial score (nSPS) is 12.7. The number of carbonyl (C=O) groups is 1. The molecule has 0 aromatic carbocycles. The van der Waals surface area contributed by atoms with Crippen LogP contribution in [0.4, 0.5) is 0 Å². The number of rotatable bonds is 6. The minimum absolute atomic E-state index is 0.300. The van der Waals surface area contributed by atoms with Gasteiger partial charge in [0.2, 0.25) is 0 Å². The Morgan fingerprint density at radius 2 is 1.96 bits per heavy atom. The number of esters is 1. The lowest BCUT2D eigenvalue weighted by molar-refractivity contribution is 0.00682. The number of ether oxygens (including phenoxy) is 1. The zero-order valence-corrected chi connectivity index (χ0v) is 15.7. The smallest absolute Gasteiger partial charge is 0.340 e. The van der Waals surface area contributed by atoms with Gasteiger partial charge in [-0.25, -0.2) is 4.79 Å². The Bertz CT molecular complexity index is 563. The Morgan fingerprint density at radius 3 is 2.48 bits per heavy atom. The van der Waals surface area contributed by atoms with Crippen LogP contribution in [-0.4, -0.2) is 16.6 Å². The van der Waals surface area contributed by atoms with Gasteiger partial charge in [0.05, 0.1) is 11.3 Å². The number of nitrogens with zero attached hydrogens (tertiary/aromatic N) is 1. The summed E-state index contributed by atoms with van der Waals surface area (Å²) in [6.45, 7) is 14.0. The van der Waals surface area contributed by atoms with Crippen molar-refractivity contribution >= 4 is 5.97 Å². The molecule has 0 N–H and O–H groups in total. The predicted octanol–water partition coefficient (Wildman–Crippen LogP) is 5.27. The molecule has 128 valence electrons. The lowest BCUT2D eigenvalue weighted by Crippen LogP contribution is -2.24. The summed E-state index contributed by atoms with van der Waals surface area (Å²) in [5, 5.41) is 0. The maximum absolute atomic E-state index is 12.2. The largest absolute Gasteiger partial charge is 0.456 e. The molecule has 0 amide bonds. The highest BCUT2D eigenvalue weighted by molar-refractivity contribution is 5.90. The first-order valence-electron chi connectivity index (χ1n) is 8.41. The zero-order valence-electron chi connectivity index (χ0n) is 15.7. The van der Waals surface area contributed by atoms with Gasteiger partial charge in [-0.15, -0.1) is 0 Å². The van der Waals surface area contributed by atoms with Gasteiger partial charge in [-0.3, -0.25) is 4.98 Å². The van der Waals surface area contributed by atoms with Crippen LogP contribution in [0.3, 0.4) is 0 Å². The third kappa shape index (κ3) is 7.45. The summed E-state index contributed by atoms with van der Waals surface area (Å²) < 4.78 is 5.42. The average Bonchev–Trinajstić information content (AvgIpc) is 2.35. The van der Waals surface area contributed by atoms with Gasteiger partial charge >= 0.3 is 5.97 Å². The molecule has 0 spiro atoms. The first kappa shape index (κ1) is 19.4. The number of allylic oxidation sites excluding steroid dienone is 2. The highest BCUT2D eigenvalue weighted by Gasteiger charge is 2.20. The van der Waals surface area contributed by atoms with E-state index in [9.17, 15) is 4.79 Å². The molecule has 3 nitrogen and oxygen atoms in total. The van der Waals surface area contributed by atoms with E-state index in [1.807, 2.05) is 39.8 Å². The van der Waals surface area contributed by atoms with Gasteiger partial charge in [0.25, 0.3) is 0 Å². The lowest BCUT2D eigenvalue weighted by Gasteiger charge is -2.20. The third-order valence-electron chi connectivity index (χ3n) is 3.53. The Kier molecular flexibility index (Phi) is 6.99. The Labute approximate surface area is 141 Å². The lowest BCUT2D eigenvalue weighted by atomic mass is 9.98. The van der Waals surface area contributed by atoms with Crippen molar-refractivity contribution in [1.82, 2.24) is 4.98 Å². The summed E-state index contributed by atoms with van der Waals surface area (Å²) >= 11 is 0. The number of hydrogen-bond donors (Lipinski definition) is 0. The van der Waals surface area contributed by atoms with Crippen molar-refractivity contribution in [2.24, 2.45) is 5.92 Å². The van der Waals surface area contributed by atoms with Crippen LogP contribution in [0, 0.1) is 12.8 Å². The molecule has 0 saturated heterocycles. The van der Waals surface area contributed by atoms with Crippen molar-refractivity contribution in [1.29, 1.82) is 0 Å². The van der Waals surface area contributed by atoms with Gasteiger partial charge in [0.15, 0.2) is 0 Å². The minimum Gasteiger partial charge on any atom is -0.456 e. The van der Waals surface area contributed by atoms with Crippen molar-refractivity contribution in [3.63, 3.8) is 0 Å². The van der Waals surface area contributed by atoms with Crippen molar-refractivity contribution < 1.29 is 9.53 Å². The molecule has 0 aliphatic heterocycles. The van der Waals surface area contributed by atoms with Crippen molar-refractivity contribution in [2.75, 3.05) is 0 Å². The summed E-state index contributed by atoms with van der Waals surface area (Å²) in [5.74, 6) is 0.274. The molecular weight excluding hydrogens is 286 g/mol. The van der Waals surface area contributed by atoms with E-state index in [1.165, 1.54) is 5.57 Å². The third-order valence-corrected chi connectivity index (χ3v) is 3.53. The van der Waals surface area contributed by atoms with Gasteiger partial charge in [0, 0.05) is 5.69 Å². The summed E-state index contributed by atoms with van der Waals surface area (Å²) in [5.41, 5.74) is 3.23. The molecule has 0 aliphatic carbocycles. The molecule has 1 heterocycles. The van der Waals surface area contributed by atoms with Crippen LogP contribution in [0.1, 0.15) is 76.1 Å². The van der Waals surface area contributed by atoms with Crippen LogP contribution in [-0.2, 0) is 11.2 Å². The molecule has 0 bridgehead atoms. The second-order valence-electron chi connectivity index (χ2n) is 7.61. The molecule has 23 heavy (non-hydrogen) atoms. The number of hydrogen-bond acceptors (Lipinski definition) is 3. The van der Waals surface area contributed by atoms with Crippen LogP contribution >= 0.6 is 0 Å². The summed E-state index contributed by atoms with van der Waals surface area (Å²) in [6, 6.07) is 3.79. The van der Waals surface area contributed by atoms with Gasteiger partial charge in [-0.1, -0.05) is 18.6 Å². The molecule has 0 aliphatic rings. The summed E-state index contributed by atoms with van der Waals surface area (Å²) in [6.07, 6.45) is 5.48. The predicted molar refractivity (Wildman–Crippen MR) is 95.7 cm³/mol. The molecular formula is C20H31NO2.